The molecule has 6 aliphatic rings. The topological polar surface area (TPSA) is 113 Å². The summed E-state index contributed by atoms with van der Waals surface area (Å²) in [6.07, 6.45) is 1.37. The van der Waals surface area contributed by atoms with Crippen LogP contribution in [-0.2, 0) is 37.9 Å². The standard InChI is InChI=1S/C16H18F2O9S/c17-16(18,28-27-26-21)13(20)25-14-3-7-1-8(4-14)15(9(2-7)5-14)23-10-6-22-12(19)11(10)24-15/h7-11,21H,1-6H2/p-1. The first-order valence-electron chi connectivity index (χ1n) is 9.05. The highest BCUT2D eigenvalue weighted by atomic mass is 32.2. The summed E-state index contributed by atoms with van der Waals surface area (Å²) < 4.78 is 53.7. The fourth-order valence-electron chi connectivity index (χ4n) is 5.88. The molecule has 4 saturated carbocycles. The average molecular weight is 423 g/mol. The van der Waals surface area contributed by atoms with E-state index in [-0.39, 0.29) is 24.4 Å². The van der Waals surface area contributed by atoms with Crippen LogP contribution in [0.25, 0.3) is 0 Å². The van der Waals surface area contributed by atoms with Crippen molar-refractivity contribution in [2.45, 2.75) is 61.0 Å². The fourth-order valence-corrected chi connectivity index (χ4v) is 6.10. The number of ether oxygens (including phenoxy) is 4. The molecule has 0 radical (unpaired) electrons. The maximum atomic E-state index is 13.8. The van der Waals surface area contributed by atoms with E-state index in [4.69, 9.17) is 18.9 Å². The van der Waals surface area contributed by atoms with Gasteiger partial charge in [-0.05, 0) is 38.0 Å². The third-order valence-corrected chi connectivity index (χ3v) is 7.09. The smallest absolute Gasteiger partial charge is 0.415 e. The van der Waals surface area contributed by atoms with E-state index in [0.717, 1.165) is 12.8 Å². The number of carbonyl (C=O) groups is 2. The second-order valence-corrected chi connectivity index (χ2v) is 9.01. The molecule has 4 bridgehead atoms. The lowest BCUT2D eigenvalue weighted by molar-refractivity contribution is -0.777. The van der Waals surface area contributed by atoms with Gasteiger partial charge in [0.1, 0.15) is 30.4 Å². The first-order valence-corrected chi connectivity index (χ1v) is 9.79. The molecule has 0 aromatic rings. The Balaban J connectivity index is 1.34. The summed E-state index contributed by atoms with van der Waals surface area (Å²) in [4.78, 5) is 23.9. The number of rotatable bonds is 5. The highest BCUT2D eigenvalue weighted by molar-refractivity contribution is 7.96. The number of halogens is 2. The van der Waals surface area contributed by atoms with Crippen molar-refractivity contribution in [1.29, 1.82) is 0 Å². The molecule has 1 spiro atoms. The predicted molar refractivity (Wildman–Crippen MR) is 80.5 cm³/mol. The molecule has 4 unspecified atom stereocenters. The second kappa shape index (κ2) is 6.22. The molecule has 4 aliphatic carbocycles. The Bertz CT molecular complexity index is 688. The van der Waals surface area contributed by atoms with Crippen molar-refractivity contribution in [3.63, 3.8) is 0 Å². The summed E-state index contributed by atoms with van der Waals surface area (Å²) in [6.45, 7) is 0.138. The molecule has 0 amide bonds. The van der Waals surface area contributed by atoms with Gasteiger partial charge in [-0.25, -0.2) is 9.59 Å². The number of cyclic esters (lactones) is 1. The molecule has 0 aromatic heterocycles. The van der Waals surface area contributed by atoms with E-state index in [1.165, 1.54) is 0 Å². The van der Waals surface area contributed by atoms with Crippen LogP contribution in [0.1, 0.15) is 32.1 Å². The quantitative estimate of drug-likeness (QED) is 0.270. The van der Waals surface area contributed by atoms with Crippen LogP contribution in [0.5, 0.6) is 0 Å². The van der Waals surface area contributed by atoms with E-state index < -0.39 is 52.8 Å². The number of hydrogen-bond donors (Lipinski definition) is 0. The monoisotopic (exact) mass is 423 g/mol. The first kappa shape index (κ1) is 18.9. The lowest BCUT2D eigenvalue weighted by Crippen LogP contribution is -2.65. The Kier molecular flexibility index (Phi) is 4.21. The van der Waals surface area contributed by atoms with Gasteiger partial charge >= 0.3 is 17.2 Å². The zero-order valence-electron chi connectivity index (χ0n) is 14.5. The zero-order valence-corrected chi connectivity index (χ0v) is 15.3. The van der Waals surface area contributed by atoms with Crippen molar-refractivity contribution in [2.24, 2.45) is 17.8 Å². The molecule has 6 rings (SSSR count). The minimum atomic E-state index is -4.08. The lowest BCUT2D eigenvalue weighted by atomic mass is 9.51. The van der Waals surface area contributed by atoms with Gasteiger partial charge < -0.3 is 24.2 Å². The lowest BCUT2D eigenvalue weighted by Gasteiger charge is -2.62. The molecular formula is C16H17F2O9S-. The van der Waals surface area contributed by atoms with Crippen LogP contribution in [0.3, 0.4) is 0 Å². The molecule has 0 N–H and O–H groups in total. The van der Waals surface area contributed by atoms with Crippen molar-refractivity contribution >= 4 is 24.0 Å². The predicted octanol–water partition coefficient (Wildman–Crippen LogP) is 0.610. The van der Waals surface area contributed by atoms with Crippen LogP contribution < -0.4 is 5.26 Å². The molecule has 12 heteroatoms. The third-order valence-electron chi connectivity index (χ3n) is 6.59. The normalized spacial score (nSPS) is 46.1. The highest BCUT2D eigenvalue weighted by Gasteiger charge is 2.70. The van der Waals surface area contributed by atoms with E-state index in [0.29, 0.717) is 19.3 Å². The van der Waals surface area contributed by atoms with Crippen molar-refractivity contribution < 1.29 is 51.9 Å². The van der Waals surface area contributed by atoms with Crippen molar-refractivity contribution in [3.05, 3.63) is 0 Å². The molecule has 2 heterocycles. The van der Waals surface area contributed by atoms with Crippen LogP contribution in [-0.4, -0.2) is 47.4 Å². The van der Waals surface area contributed by atoms with E-state index >= 15 is 0 Å². The highest BCUT2D eigenvalue weighted by Crippen LogP contribution is 2.65. The molecule has 6 fully saturated rings. The molecule has 156 valence electrons. The van der Waals surface area contributed by atoms with Crippen LogP contribution in [0.4, 0.5) is 8.78 Å². The van der Waals surface area contributed by atoms with Crippen LogP contribution in [0, 0.1) is 17.8 Å². The fraction of sp³-hybridized carbons (Fsp3) is 0.875. The number of esters is 2. The number of alkyl halides is 2. The van der Waals surface area contributed by atoms with Crippen LogP contribution in [0.15, 0.2) is 0 Å². The van der Waals surface area contributed by atoms with E-state index in [2.05, 4.69) is 9.37 Å². The largest absolute Gasteiger partial charge is 0.691 e. The molecule has 2 aliphatic heterocycles. The van der Waals surface area contributed by atoms with E-state index in [1.807, 2.05) is 0 Å². The molecule has 4 atom stereocenters. The maximum absolute atomic E-state index is 13.8. The minimum Gasteiger partial charge on any atom is -0.691 e. The summed E-state index contributed by atoms with van der Waals surface area (Å²) >= 11 is -0.698. The van der Waals surface area contributed by atoms with E-state index in [1.54, 1.807) is 0 Å². The van der Waals surface area contributed by atoms with Gasteiger partial charge in [0.05, 0.1) is 0 Å². The van der Waals surface area contributed by atoms with E-state index in [9.17, 15) is 23.6 Å². The van der Waals surface area contributed by atoms with Gasteiger partial charge in [-0.1, -0.05) is 0 Å². The second-order valence-electron chi connectivity index (χ2n) is 8.20. The van der Waals surface area contributed by atoms with Gasteiger partial charge in [0.15, 0.2) is 11.9 Å². The van der Waals surface area contributed by atoms with Gasteiger partial charge in [0.2, 0.25) is 0 Å². The Morgan fingerprint density at radius 2 is 1.93 bits per heavy atom. The van der Waals surface area contributed by atoms with Crippen molar-refractivity contribution in [1.82, 2.24) is 0 Å². The first-order chi connectivity index (χ1) is 13.3. The Hall–Kier alpha value is -1.05. The van der Waals surface area contributed by atoms with Crippen LogP contribution >= 0.6 is 12.0 Å². The summed E-state index contributed by atoms with van der Waals surface area (Å²) in [5.74, 6) is -3.34. The summed E-state index contributed by atoms with van der Waals surface area (Å²) in [6, 6.07) is 0. The van der Waals surface area contributed by atoms with Crippen molar-refractivity contribution in [3.8, 4) is 0 Å². The number of fused-ring (bicyclic) bond motifs is 1. The zero-order chi connectivity index (χ0) is 19.7. The molecular weight excluding hydrogens is 406 g/mol. The molecule has 2 saturated heterocycles. The SMILES string of the molecule is O=C1OCC2OC3(OC12)C1CC2CC3CC(OC(=O)C(F)(F)SOO[O-])(C2)C1. The maximum Gasteiger partial charge on any atom is 0.415 e. The number of hydrogen-bond acceptors (Lipinski definition) is 10. The van der Waals surface area contributed by atoms with Gasteiger partial charge in [0, 0.05) is 11.8 Å². The van der Waals surface area contributed by atoms with Gasteiger partial charge in [-0.15, -0.1) is 0 Å². The summed E-state index contributed by atoms with van der Waals surface area (Å²) in [7, 11) is 0. The van der Waals surface area contributed by atoms with Crippen LogP contribution in [0.2, 0.25) is 0 Å². The Morgan fingerprint density at radius 3 is 2.57 bits per heavy atom. The molecule has 9 nitrogen and oxygen atoms in total. The Labute approximate surface area is 162 Å². The van der Waals surface area contributed by atoms with Gasteiger partial charge in [-0.3, -0.25) is 5.04 Å². The third kappa shape index (κ3) is 2.69. The summed E-state index contributed by atoms with van der Waals surface area (Å²) in [5.41, 5.74) is -1.05. The number of carbonyl (C=O) groups excluding carboxylic acids is 2. The minimum absolute atomic E-state index is 0.138. The molecule has 28 heavy (non-hydrogen) atoms. The van der Waals surface area contributed by atoms with Gasteiger partial charge in [0.25, 0.3) is 0 Å². The average Bonchev–Trinajstić information content (AvgIpc) is 3.17. The molecule has 0 aromatic carbocycles. The van der Waals surface area contributed by atoms with Crippen molar-refractivity contribution in [2.75, 3.05) is 6.61 Å². The Morgan fingerprint density at radius 1 is 1.21 bits per heavy atom. The summed E-state index contributed by atoms with van der Waals surface area (Å²) in [5, 5.41) is 8.58. The van der Waals surface area contributed by atoms with Gasteiger partial charge in [-0.2, -0.15) is 13.1 Å².